The molecule has 0 aliphatic carbocycles. The monoisotopic (exact) mass is 345 g/mol. The molecule has 0 amide bonds. The highest BCUT2D eigenvalue weighted by Crippen LogP contribution is 2.28. The summed E-state index contributed by atoms with van der Waals surface area (Å²) in [5.74, 6) is 0.617. The van der Waals surface area contributed by atoms with Gasteiger partial charge in [-0.05, 0) is 57.5 Å². The van der Waals surface area contributed by atoms with Crippen LogP contribution in [0.4, 0.5) is 0 Å². The zero-order valence-corrected chi connectivity index (χ0v) is 14.7. The number of benzene rings is 1. The molecule has 2 aliphatic heterocycles. The molecule has 2 aliphatic rings. The van der Waals surface area contributed by atoms with Crippen molar-refractivity contribution < 1.29 is 4.42 Å². The van der Waals surface area contributed by atoms with Gasteiger partial charge in [0.15, 0.2) is 0 Å². The van der Waals surface area contributed by atoms with Crippen molar-refractivity contribution in [1.29, 1.82) is 0 Å². The van der Waals surface area contributed by atoms with Crippen LogP contribution in [0.25, 0.3) is 11.5 Å². The van der Waals surface area contributed by atoms with Crippen LogP contribution in [-0.2, 0) is 6.54 Å². The average molecular weight is 346 g/mol. The summed E-state index contributed by atoms with van der Waals surface area (Å²) in [5, 5.41) is 0.680. The Morgan fingerprint density at radius 3 is 2.79 bits per heavy atom. The Hall–Kier alpha value is -1.36. The first-order valence-corrected chi connectivity index (χ1v) is 9.33. The first-order valence-electron chi connectivity index (χ1n) is 8.95. The standard InChI is InChI=1S/C19H24ClN3O/c20-18-8-2-1-7-17(18)19-21-15(14-24-19)12-23-11-5-6-16(23)13-22-9-3-4-10-22/h1-2,7-8,14,16H,3-6,9-13H2/t16-/m0/s1. The molecule has 0 spiro atoms. The third-order valence-electron chi connectivity index (χ3n) is 5.19. The molecule has 2 saturated heterocycles. The second-order valence-corrected chi connectivity index (χ2v) is 7.31. The number of hydrogen-bond acceptors (Lipinski definition) is 4. The van der Waals surface area contributed by atoms with Crippen LogP contribution in [-0.4, -0.2) is 47.0 Å². The van der Waals surface area contributed by atoms with Gasteiger partial charge in [0.05, 0.1) is 16.3 Å². The number of hydrogen-bond donors (Lipinski definition) is 0. The quantitative estimate of drug-likeness (QED) is 0.818. The maximum atomic E-state index is 6.24. The SMILES string of the molecule is Clc1ccccc1-c1nc(CN2CCC[C@H]2CN2CCCC2)co1. The zero-order valence-electron chi connectivity index (χ0n) is 14.0. The molecule has 0 radical (unpaired) electrons. The van der Waals surface area contributed by atoms with Crippen LogP contribution in [0.1, 0.15) is 31.4 Å². The molecule has 0 N–H and O–H groups in total. The summed E-state index contributed by atoms with van der Waals surface area (Å²) in [7, 11) is 0. The van der Waals surface area contributed by atoms with Crippen molar-refractivity contribution in [3.05, 3.63) is 41.2 Å². The smallest absolute Gasteiger partial charge is 0.227 e. The van der Waals surface area contributed by atoms with E-state index in [1.807, 2.05) is 24.3 Å². The summed E-state index contributed by atoms with van der Waals surface area (Å²) in [6.07, 6.45) is 7.08. The molecule has 1 aromatic carbocycles. The van der Waals surface area contributed by atoms with E-state index in [4.69, 9.17) is 16.0 Å². The summed E-state index contributed by atoms with van der Waals surface area (Å²) in [4.78, 5) is 9.84. The Kier molecular flexibility index (Phi) is 4.88. The number of oxazole rings is 1. The second-order valence-electron chi connectivity index (χ2n) is 6.90. The first kappa shape index (κ1) is 16.1. The molecule has 1 aromatic heterocycles. The van der Waals surface area contributed by atoms with Crippen LogP contribution in [0.5, 0.6) is 0 Å². The number of nitrogens with zero attached hydrogens (tertiary/aromatic N) is 3. The van der Waals surface area contributed by atoms with Gasteiger partial charge in [-0.1, -0.05) is 23.7 Å². The minimum atomic E-state index is 0.617. The van der Waals surface area contributed by atoms with Crippen molar-refractivity contribution in [1.82, 2.24) is 14.8 Å². The Bertz CT molecular complexity index is 681. The Morgan fingerprint density at radius 2 is 1.96 bits per heavy atom. The summed E-state index contributed by atoms with van der Waals surface area (Å²) in [6, 6.07) is 8.35. The number of likely N-dealkylation sites (tertiary alicyclic amines) is 2. The molecule has 4 nitrogen and oxygen atoms in total. The number of aromatic nitrogens is 1. The van der Waals surface area contributed by atoms with E-state index in [9.17, 15) is 0 Å². The lowest BCUT2D eigenvalue weighted by atomic mass is 10.2. The van der Waals surface area contributed by atoms with Gasteiger partial charge in [-0.15, -0.1) is 0 Å². The van der Waals surface area contributed by atoms with Gasteiger partial charge in [-0.25, -0.2) is 4.98 Å². The predicted molar refractivity (Wildman–Crippen MR) is 96.1 cm³/mol. The van der Waals surface area contributed by atoms with Crippen molar-refractivity contribution in [2.24, 2.45) is 0 Å². The Labute approximate surface area is 148 Å². The van der Waals surface area contributed by atoms with Crippen LogP contribution >= 0.6 is 11.6 Å². The lowest BCUT2D eigenvalue weighted by Crippen LogP contribution is -2.38. The van der Waals surface area contributed by atoms with Crippen molar-refractivity contribution in [3.8, 4) is 11.5 Å². The van der Waals surface area contributed by atoms with Crippen molar-refractivity contribution in [2.45, 2.75) is 38.3 Å². The van der Waals surface area contributed by atoms with E-state index in [-0.39, 0.29) is 0 Å². The largest absolute Gasteiger partial charge is 0.444 e. The molecule has 5 heteroatoms. The average Bonchev–Trinajstić information content (AvgIpc) is 3.32. The van der Waals surface area contributed by atoms with Gasteiger partial charge in [-0.3, -0.25) is 4.90 Å². The molecule has 1 atom stereocenters. The fraction of sp³-hybridized carbons (Fsp3) is 0.526. The molecule has 128 valence electrons. The summed E-state index contributed by atoms with van der Waals surface area (Å²) >= 11 is 6.24. The van der Waals surface area contributed by atoms with E-state index in [2.05, 4.69) is 14.8 Å². The lowest BCUT2D eigenvalue weighted by Gasteiger charge is -2.27. The molecular formula is C19H24ClN3O. The Morgan fingerprint density at radius 1 is 1.12 bits per heavy atom. The highest BCUT2D eigenvalue weighted by Gasteiger charge is 2.28. The van der Waals surface area contributed by atoms with Gasteiger partial charge in [-0.2, -0.15) is 0 Å². The second kappa shape index (κ2) is 7.26. The van der Waals surface area contributed by atoms with Gasteiger partial charge < -0.3 is 9.32 Å². The topological polar surface area (TPSA) is 32.5 Å². The van der Waals surface area contributed by atoms with Crippen LogP contribution in [0, 0.1) is 0 Å². The fourth-order valence-electron chi connectivity index (χ4n) is 3.92. The van der Waals surface area contributed by atoms with Gasteiger partial charge in [0, 0.05) is 19.1 Å². The van der Waals surface area contributed by atoms with Crippen LogP contribution in [0.15, 0.2) is 34.9 Å². The normalized spacial score (nSPS) is 22.5. The highest BCUT2D eigenvalue weighted by molar-refractivity contribution is 6.33. The fourth-order valence-corrected chi connectivity index (χ4v) is 4.14. The third-order valence-corrected chi connectivity index (χ3v) is 5.52. The highest BCUT2D eigenvalue weighted by atomic mass is 35.5. The van der Waals surface area contributed by atoms with Crippen LogP contribution in [0.3, 0.4) is 0 Å². The van der Waals surface area contributed by atoms with Crippen LogP contribution < -0.4 is 0 Å². The predicted octanol–water partition coefficient (Wildman–Crippen LogP) is 4.06. The molecule has 4 rings (SSSR count). The number of rotatable bonds is 5. The van der Waals surface area contributed by atoms with Crippen LogP contribution in [0.2, 0.25) is 5.02 Å². The minimum absolute atomic E-state index is 0.617. The summed E-state index contributed by atoms with van der Waals surface area (Å²) < 4.78 is 5.68. The van der Waals surface area contributed by atoms with Gasteiger partial charge >= 0.3 is 0 Å². The molecule has 0 bridgehead atoms. The number of halogens is 1. The van der Waals surface area contributed by atoms with Gasteiger partial charge in [0.1, 0.15) is 6.26 Å². The molecule has 2 aromatic rings. The minimum Gasteiger partial charge on any atom is -0.444 e. The maximum absolute atomic E-state index is 6.24. The summed E-state index contributed by atoms with van der Waals surface area (Å²) in [6.45, 7) is 5.77. The van der Waals surface area contributed by atoms with E-state index in [1.165, 1.54) is 45.3 Å². The van der Waals surface area contributed by atoms with E-state index in [1.54, 1.807) is 6.26 Å². The van der Waals surface area contributed by atoms with E-state index < -0.39 is 0 Å². The molecule has 3 heterocycles. The maximum Gasteiger partial charge on any atom is 0.227 e. The molecule has 0 saturated carbocycles. The van der Waals surface area contributed by atoms with Crippen molar-refractivity contribution in [2.75, 3.05) is 26.2 Å². The lowest BCUT2D eigenvalue weighted by molar-refractivity contribution is 0.184. The van der Waals surface area contributed by atoms with E-state index in [0.29, 0.717) is 17.0 Å². The zero-order chi connectivity index (χ0) is 16.4. The molecule has 2 fully saturated rings. The van der Waals surface area contributed by atoms with Crippen molar-refractivity contribution >= 4 is 11.6 Å². The molecular weight excluding hydrogens is 322 g/mol. The first-order chi connectivity index (χ1) is 11.8. The molecule has 0 unspecified atom stereocenters. The van der Waals surface area contributed by atoms with Gasteiger partial charge in [0.25, 0.3) is 0 Å². The molecule has 24 heavy (non-hydrogen) atoms. The van der Waals surface area contributed by atoms with Gasteiger partial charge in [0.2, 0.25) is 5.89 Å². The third kappa shape index (κ3) is 3.51. The summed E-state index contributed by atoms with van der Waals surface area (Å²) in [5.41, 5.74) is 1.86. The van der Waals surface area contributed by atoms with Crippen molar-refractivity contribution in [3.63, 3.8) is 0 Å². The van der Waals surface area contributed by atoms with E-state index in [0.717, 1.165) is 24.3 Å². The Balaban J connectivity index is 1.42. The van der Waals surface area contributed by atoms with E-state index >= 15 is 0 Å².